The van der Waals surface area contributed by atoms with Gasteiger partial charge in [0.1, 0.15) is 5.69 Å². The molecule has 0 fully saturated rings. The van der Waals surface area contributed by atoms with Crippen molar-refractivity contribution in [3.63, 3.8) is 0 Å². The molecule has 0 atom stereocenters. The van der Waals surface area contributed by atoms with E-state index in [-0.39, 0.29) is 21.3 Å². The van der Waals surface area contributed by atoms with Crippen LogP contribution in [0.5, 0.6) is 11.5 Å². The molecule has 0 amide bonds. The molecule has 2 aromatic heterocycles. The van der Waals surface area contributed by atoms with Crippen LogP contribution < -0.4 is 9.47 Å². The van der Waals surface area contributed by atoms with Gasteiger partial charge in [-0.2, -0.15) is 4.39 Å². The van der Waals surface area contributed by atoms with Gasteiger partial charge in [0, 0.05) is 29.3 Å². The SMILES string of the molecule is COc1ccc(/C(F)=N/c2c(Cl)cncc2Cl)cc1OCCc1cccs1. The summed E-state index contributed by atoms with van der Waals surface area (Å²) in [5, 5.41) is 2.34. The summed E-state index contributed by atoms with van der Waals surface area (Å²) in [6.45, 7) is 0.446. The normalized spacial score (nSPS) is 11.5. The minimum atomic E-state index is -0.740. The van der Waals surface area contributed by atoms with E-state index in [1.165, 1.54) is 30.4 Å². The molecule has 0 unspecified atom stereocenters. The van der Waals surface area contributed by atoms with Crippen LogP contribution in [0.3, 0.4) is 0 Å². The zero-order valence-electron chi connectivity index (χ0n) is 14.3. The smallest absolute Gasteiger partial charge is 0.220 e. The van der Waals surface area contributed by atoms with Gasteiger partial charge >= 0.3 is 0 Å². The summed E-state index contributed by atoms with van der Waals surface area (Å²) in [5.74, 6) is 0.206. The fourth-order valence-electron chi connectivity index (χ4n) is 2.31. The maximum atomic E-state index is 14.7. The molecule has 27 heavy (non-hydrogen) atoms. The number of halogens is 3. The lowest BCUT2D eigenvalue weighted by molar-refractivity contribution is 0.298. The number of benzene rings is 1. The minimum absolute atomic E-state index is 0.127. The van der Waals surface area contributed by atoms with Crippen molar-refractivity contribution in [1.82, 2.24) is 4.98 Å². The second-order valence-corrected chi connectivity index (χ2v) is 7.24. The van der Waals surface area contributed by atoms with Crippen LogP contribution in [0.4, 0.5) is 10.1 Å². The minimum Gasteiger partial charge on any atom is -0.493 e. The third-order valence-corrected chi connectivity index (χ3v) is 5.12. The quantitative estimate of drug-likeness (QED) is 0.428. The zero-order valence-corrected chi connectivity index (χ0v) is 16.6. The molecule has 140 valence electrons. The van der Waals surface area contributed by atoms with Crippen molar-refractivity contribution in [3.05, 3.63) is 68.6 Å². The fraction of sp³-hybridized carbons (Fsp3) is 0.158. The first-order valence-corrected chi connectivity index (χ1v) is 9.59. The summed E-state index contributed by atoms with van der Waals surface area (Å²) in [7, 11) is 1.53. The highest BCUT2D eigenvalue weighted by atomic mass is 35.5. The zero-order chi connectivity index (χ0) is 19.2. The van der Waals surface area contributed by atoms with Crippen molar-refractivity contribution in [2.24, 2.45) is 4.99 Å². The number of aromatic nitrogens is 1. The summed E-state index contributed by atoms with van der Waals surface area (Å²) in [6.07, 6.45) is 3.46. The van der Waals surface area contributed by atoms with Crippen LogP contribution in [0.2, 0.25) is 10.0 Å². The maximum Gasteiger partial charge on any atom is 0.220 e. The van der Waals surface area contributed by atoms with Gasteiger partial charge in [-0.25, -0.2) is 4.99 Å². The Labute approximate surface area is 170 Å². The Balaban J connectivity index is 1.82. The van der Waals surface area contributed by atoms with Gasteiger partial charge in [-0.1, -0.05) is 29.3 Å². The average molecular weight is 425 g/mol. The summed E-state index contributed by atoms with van der Waals surface area (Å²) < 4.78 is 25.7. The molecule has 0 bridgehead atoms. The molecular formula is C19H15Cl2FN2O2S. The van der Waals surface area contributed by atoms with Crippen LogP contribution in [0, 0.1) is 0 Å². The molecule has 0 aliphatic rings. The first-order chi connectivity index (χ1) is 13.1. The summed E-state index contributed by atoms with van der Waals surface area (Å²) in [6, 6.07) is 8.74. The second kappa shape index (κ2) is 9.17. The van der Waals surface area contributed by atoms with Crippen LogP contribution >= 0.6 is 34.5 Å². The molecule has 2 heterocycles. The standard InChI is InChI=1S/C19H15Cl2FN2O2S/c1-25-16-5-4-12(9-17(16)26-7-6-13-3-2-8-27-13)19(22)24-18-14(20)10-23-11-15(18)21/h2-5,8-11H,6-7H2,1H3/b24-19-. The van der Waals surface area contributed by atoms with Crippen molar-refractivity contribution >= 4 is 46.2 Å². The van der Waals surface area contributed by atoms with Gasteiger partial charge in [0.2, 0.25) is 5.97 Å². The van der Waals surface area contributed by atoms with Crippen molar-refractivity contribution in [2.45, 2.75) is 6.42 Å². The third-order valence-electron chi connectivity index (χ3n) is 3.63. The van der Waals surface area contributed by atoms with E-state index in [0.29, 0.717) is 18.1 Å². The third kappa shape index (κ3) is 4.97. The van der Waals surface area contributed by atoms with E-state index in [1.807, 2.05) is 17.5 Å². The number of rotatable bonds is 7. The van der Waals surface area contributed by atoms with Gasteiger partial charge in [0.15, 0.2) is 11.5 Å². The van der Waals surface area contributed by atoms with Crippen LogP contribution in [0.1, 0.15) is 10.4 Å². The Morgan fingerprint density at radius 2 is 1.96 bits per heavy atom. The number of aliphatic imine (C=N–C) groups is 1. The van der Waals surface area contributed by atoms with Gasteiger partial charge in [-0.05, 0) is 29.6 Å². The number of ether oxygens (including phenoxy) is 2. The molecule has 4 nitrogen and oxygen atoms in total. The number of hydrogen-bond acceptors (Lipinski definition) is 5. The molecule has 0 radical (unpaired) electrons. The molecule has 8 heteroatoms. The number of hydrogen-bond donors (Lipinski definition) is 0. The molecule has 0 saturated carbocycles. The molecule has 0 spiro atoms. The summed E-state index contributed by atoms with van der Waals surface area (Å²) in [5.41, 5.74) is 0.354. The lowest BCUT2D eigenvalue weighted by Gasteiger charge is -2.11. The number of nitrogens with zero attached hydrogens (tertiary/aromatic N) is 2. The highest BCUT2D eigenvalue weighted by molar-refractivity contribution is 7.09. The van der Waals surface area contributed by atoms with Crippen molar-refractivity contribution in [3.8, 4) is 11.5 Å². The van der Waals surface area contributed by atoms with Gasteiger partial charge in [0.25, 0.3) is 0 Å². The Morgan fingerprint density at radius 3 is 2.63 bits per heavy atom. The van der Waals surface area contributed by atoms with E-state index >= 15 is 0 Å². The Kier molecular flexibility index (Phi) is 6.66. The topological polar surface area (TPSA) is 43.7 Å². The molecule has 3 aromatic rings. The van der Waals surface area contributed by atoms with E-state index in [4.69, 9.17) is 32.7 Å². The van der Waals surface area contributed by atoms with E-state index in [1.54, 1.807) is 23.5 Å². The molecule has 0 aliphatic heterocycles. The van der Waals surface area contributed by atoms with Crippen LogP contribution in [0.25, 0.3) is 0 Å². The molecule has 3 rings (SSSR count). The van der Waals surface area contributed by atoms with Crippen molar-refractivity contribution in [1.29, 1.82) is 0 Å². The van der Waals surface area contributed by atoms with E-state index in [9.17, 15) is 4.39 Å². The first-order valence-electron chi connectivity index (χ1n) is 7.95. The van der Waals surface area contributed by atoms with Crippen LogP contribution in [-0.2, 0) is 6.42 Å². The second-order valence-electron chi connectivity index (χ2n) is 5.40. The fourth-order valence-corrected chi connectivity index (χ4v) is 3.45. The molecule has 1 aromatic carbocycles. The van der Waals surface area contributed by atoms with Gasteiger partial charge in [-0.15, -0.1) is 11.3 Å². The first kappa shape index (κ1) is 19.6. The maximum absolute atomic E-state index is 14.7. The lowest BCUT2D eigenvalue weighted by atomic mass is 10.2. The summed E-state index contributed by atoms with van der Waals surface area (Å²) >= 11 is 13.6. The predicted molar refractivity (Wildman–Crippen MR) is 108 cm³/mol. The number of thiophene rings is 1. The predicted octanol–water partition coefficient (Wildman–Crippen LogP) is 6.13. The van der Waals surface area contributed by atoms with E-state index < -0.39 is 5.97 Å². The van der Waals surface area contributed by atoms with Crippen molar-refractivity contribution in [2.75, 3.05) is 13.7 Å². The van der Waals surface area contributed by atoms with Crippen LogP contribution in [0.15, 0.2) is 53.1 Å². The highest BCUT2D eigenvalue weighted by Crippen LogP contribution is 2.34. The van der Waals surface area contributed by atoms with E-state index in [2.05, 4.69) is 9.98 Å². The van der Waals surface area contributed by atoms with Crippen LogP contribution in [-0.4, -0.2) is 24.7 Å². The monoisotopic (exact) mass is 424 g/mol. The highest BCUT2D eigenvalue weighted by Gasteiger charge is 2.12. The Bertz CT molecular complexity index is 929. The largest absolute Gasteiger partial charge is 0.493 e. The molecule has 0 N–H and O–H groups in total. The lowest BCUT2D eigenvalue weighted by Crippen LogP contribution is -2.03. The summed E-state index contributed by atoms with van der Waals surface area (Å²) in [4.78, 5) is 8.93. The molecule has 0 saturated heterocycles. The van der Waals surface area contributed by atoms with Crippen molar-refractivity contribution < 1.29 is 13.9 Å². The van der Waals surface area contributed by atoms with Gasteiger partial charge in [0.05, 0.1) is 23.8 Å². The van der Waals surface area contributed by atoms with Gasteiger partial charge in [-0.3, -0.25) is 4.98 Å². The Hall–Kier alpha value is -2.15. The van der Waals surface area contributed by atoms with E-state index in [0.717, 1.165) is 6.42 Å². The molecular weight excluding hydrogens is 410 g/mol. The van der Waals surface area contributed by atoms with Gasteiger partial charge < -0.3 is 9.47 Å². The Morgan fingerprint density at radius 1 is 1.19 bits per heavy atom. The number of pyridine rings is 1. The average Bonchev–Trinajstić information content (AvgIpc) is 3.18. The molecule has 0 aliphatic carbocycles. The number of methoxy groups -OCH3 is 1.